The molecule has 106 valence electrons. The van der Waals surface area contributed by atoms with Gasteiger partial charge in [0.15, 0.2) is 0 Å². The Morgan fingerprint density at radius 3 is 2.95 bits per heavy atom. The van der Waals surface area contributed by atoms with Crippen LogP contribution >= 0.6 is 0 Å². The summed E-state index contributed by atoms with van der Waals surface area (Å²) in [5, 5.41) is 12.0. The molecule has 1 unspecified atom stereocenters. The molecule has 0 bridgehead atoms. The fraction of sp³-hybridized carbons (Fsp3) is 0.467. The Morgan fingerprint density at radius 2 is 2.32 bits per heavy atom. The van der Waals surface area contributed by atoms with Gasteiger partial charge in [-0.1, -0.05) is 19.2 Å². The molecule has 2 N–H and O–H groups in total. The molecular weight excluding hydrogens is 238 g/mol. The van der Waals surface area contributed by atoms with Crippen LogP contribution in [0.25, 0.3) is 0 Å². The maximum absolute atomic E-state index is 8.95. The van der Waals surface area contributed by atoms with Gasteiger partial charge in [0.25, 0.3) is 0 Å². The summed E-state index contributed by atoms with van der Waals surface area (Å²) in [5.41, 5.74) is 0.970. The molecule has 0 aromatic heterocycles. The second-order valence-corrected chi connectivity index (χ2v) is 4.66. The van der Waals surface area contributed by atoms with Gasteiger partial charge in [-0.3, -0.25) is 4.90 Å². The van der Waals surface area contributed by atoms with E-state index in [9.17, 15) is 0 Å². The molecule has 0 spiro atoms. The van der Waals surface area contributed by atoms with E-state index in [-0.39, 0.29) is 6.61 Å². The molecule has 0 aromatic carbocycles. The van der Waals surface area contributed by atoms with Gasteiger partial charge in [-0.2, -0.15) is 0 Å². The third-order valence-corrected chi connectivity index (χ3v) is 3.30. The zero-order valence-electron chi connectivity index (χ0n) is 11.8. The minimum absolute atomic E-state index is 0.221. The van der Waals surface area contributed by atoms with Crippen LogP contribution in [0.5, 0.6) is 0 Å². The van der Waals surface area contributed by atoms with Crippen molar-refractivity contribution >= 4 is 0 Å². The highest BCUT2D eigenvalue weighted by atomic mass is 16.3. The van der Waals surface area contributed by atoms with Crippen molar-refractivity contribution < 1.29 is 5.11 Å². The van der Waals surface area contributed by atoms with Crippen molar-refractivity contribution in [3.63, 3.8) is 0 Å². The van der Waals surface area contributed by atoms with E-state index in [1.165, 1.54) is 0 Å². The first kappa shape index (κ1) is 15.5. The Bertz CT molecular complexity index is 349. The average Bonchev–Trinajstić information content (AvgIpc) is 2.86. The molecule has 4 nitrogen and oxygen atoms in total. The third kappa shape index (κ3) is 5.32. The number of hydrogen-bond donors (Lipinski definition) is 2. The minimum Gasteiger partial charge on any atom is -0.395 e. The Labute approximate surface area is 116 Å². The maximum Gasteiger partial charge on any atom is 0.0558 e. The Hall–Kier alpha value is -1.52. The number of likely N-dealkylation sites (N-methyl/N-ethyl adjacent to an activating group) is 1. The quantitative estimate of drug-likeness (QED) is 0.648. The fourth-order valence-corrected chi connectivity index (χ4v) is 2.19. The molecule has 1 aliphatic rings. The SMILES string of the molecule is C=C/C=C(\C=C\N1CCC(N(C)CCO)C1)NC=C. The van der Waals surface area contributed by atoms with Gasteiger partial charge in [0.1, 0.15) is 0 Å². The summed E-state index contributed by atoms with van der Waals surface area (Å²) in [6.07, 6.45) is 10.6. The van der Waals surface area contributed by atoms with Crippen LogP contribution in [-0.2, 0) is 0 Å². The minimum atomic E-state index is 0.221. The number of aliphatic hydroxyl groups excluding tert-OH is 1. The third-order valence-electron chi connectivity index (χ3n) is 3.30. The fourth-order valence-electron chi connectivity index (χ4n) is 2.19. The van der Waals surface area contributed by atoms with Crippen LogP contribution in [0.2, 0.25) is 0 Å². The lowest BCUT2D eigenvalue weighted by Gasteiger charge is -2.23. The van der Waals surface area contributed by atoms with E-state index < -0.39 is 0 Å². The van der Waals surface area contributed by atoms with Crippen LogP contribution in [0.15, 0.2) is 49.5 Å². The molecule has 19 heavy (non-hydrogen) atoms. The summed E-state index contributed by atoms with van der Waals surface area (Å²) < 4.78 is 0. The number of rotatable bonds is 8. The first-order valence-electron chi connectivity index (χ1n) is 6.64. The second-order valence-electron chi connectivity index (χ2n) is 4.66. The highest BCUT2D eigenvalue weighted by Gasteiger charge is 2.23. The molecule has 1 heterocycles. The van der Waals surface area contributed by atoms with Crippen LogP contribution < -0.4 is 5.32 Å². The lowest BCUT2D eigenvalue weighted by molar-refractivity contribution is 0.183. The lowest BCUT2D eigenvalue weighted by Crippen LogP contribution is -2.35. The molecule has 1 fully saturated rings. The van der Waals surface area contributed by atoms with Gasteiger partial charge in [-0.15, -0.1) is 0 Å². The topological polar surface area (TPSA) is 38.7 Å². The van der Waals surface area contributed by atoms with Crippen molar-refractivity contribution in [2.45, 2.75) is 12.5 Å². The van der Waals surface area contributed by atoms with Crippen LogP contribution in [0.4, 0.5) is 0 Å². The van der Waals surface area contributed by atoms with Crippen molar-refractivity contribution in [1.29, 1.82) is 0 Å². The van der Waals surface area contributed by atoms with Crippen molar-refractivity contribution in [2.24, 2.45) is 0 Å². The van der Waals surface area contributed by atoms with Gasteiger partial charge in [0.05, 0.1) is 6.61 Å². The summed E-state index contributed by atoms with van der Waals surface area (Å²) in [5.74, 6) is 0. The number of hydrogen-bond acceptors (Lipinski definition) is 4. The Balaban J connectivity index is 2.48. The molecule has 1 aliphatic heterocycles. The summed E-state index contributed by atoms with van der Waals surface area (Å²) in [7, 11) is 2.07. The van der Waals surface area contributed by atoms with Crippen LogP contribution in [0.3, 0.4) is 0 Å². The number of allylic oxidation sites excluding steroid dienone is 3. The number of aliphatic hydroxyl groups is 1. The van der Waals surface area contributed by atoms with E-state index in [0.717, 1.165) is 31.8 Å². The predicted molar refractivity (Wildman–Crippen MR) is 80.4 cm³/mol. The van der Waals surface area contributed by atoms with Gasteiger partial charge in [0, 0.05) is 37.6 Å². The molecule has 0 saturated carbocycles. The normalized spacial score (nSPS) is 20.3. The molecule has 0 radical (unpaired) electrons. The van der Waals surface area contributed by atoms with Crippen molar-refractivity contribution in [3.05, 3.63) is 49.5 Å². The van der Waals surface area contributed by atoms with Gasteiger partial charge < -0.3 is 15.3 Å². The first-order chi connectivity index (χ1) is 9.21. The second kappa shape index (κ2) is 8.56. The van der Waals surface area contributed by atoms with E-state index in [2.05, 4.69) is 41.5 Å². The molecule has 0 aliphatic carbocycles. The molecule has 0 amide bonds. The van der Waals surface area contributed by atoms with Crippen molar-refractivity contribution in [2.75, 3.05) is 33.3 Å². The smallest absolute Gasteiger partial charge is 0.0558 e. The molecular formula is C15H25N3O. The van der Waals surface area contributed by atoms with Crippen LogP contribution in [0, 0.1) is 0 Å². The zero-order chi connectivity index (χ0) is 14.1. The van der Waals surface area contributed by atoms with E-state index in [1.807, 2.05) is 12.2 Å². The van der Waals surface area contributed by atoms with E-state index >= 15 is 0 Å². The van der Waals surface area contributed by atoms with Gasteiger partial charge in [0.2, 0.25) is 0 Å². The first-order valence-corrected chi connectivity index (χ1v) is 6.64. The van der Waals surface area contributed by atoms with E-state index in [4.69, 9.17) is 5.11 Å². The van der Waals surface area contributed by atoms with Gasteiger partial charge in [-0.05, 0) is 31.8 Å². The summed E-state index contributed by atoms with van der Waals surface area (Å²) >= 11 is 0. The van der Waals surface area contributed by atoms with E-state index in [0.29, 0.717) is 6.04 Å². The average molecular weight is 263 g/mol. The van der Waals surface area contributed by atoms with Crippen LogP contribution in [-0.4, -0.2) is 54.2 Å². The van der Waals surface area contributed by atoms with Crippen molar-refractivity contribution in [1.82, 2.24) is 15.1 Å². The van der Waals surface area contributed by atoms with E-state index in [1.54, 1.807) is 12.3 Å². The zero-order valence-corrected chi connectivity index (χ0v) is 11.8. The van der Waals surface area contributed by atoms with Gasteiger partial charge >= 0.3 is 0 Å². The summed E-state index contributed by atoms with van der Waals surface area (Å²) in [4.78, 5) is 4.51. The molecule has 1 atom stereocenters. The molecule has 0 aromatic rings. The number of nitrogens with zero attached hydrogens (tertiary/aromatic N) is 2. The monoisotopic (exact) mass is 263 g/mol. The molecule has 1 saturated heterocycles. The Kier molecular flexibility index (Phi) is 7.00. The molecule has 1 rings (SSSR count). The van der Waals surface area contributed by atoms with Crippen molar-refractivity contribution in [3.8, 4) is 0 Å². The largest absolute Gasteiger partial charge is 0.395 e. The standard InChI is InChI=1S/C15H25N3O/c1-4-6-14(16-5-2)7-9-18-10-8-15(13-18)17(3)11-12-19/h4-7,9,15-16,19H,1-2,8,10-13H2,3H3/b9-7+,14-6+. The highest BCUT2D eigenvalue weighted by molar-refractivity contribution is 5.22. The van der Waals surface area contributed by atoms with Crippen LogP contribution in [0.1, 0.15) is 6.42 Å². The number of nitrogens with one attached hydrogen (secondary N) is 1. The summed E-state index contributed by atoms with van der Waals surface area (Å²) in [6, 6.07) is 0.524. The number of likely N-dealkylation sites (tertiary alicyclic amines) is 1. The predicted octanol–water partition coefficient (Wildman–Crippen LogP) is 1.30. The summed E-state index contributed by atoms with van der Waals surface area (Å²) in [6.45, 7) is 10.4. The maximum atomic E-state index is 8.95. The lowest BCUT2D eigenvalue weighted by atomic mass is 10.2. The highest BCUT2D eigenvalue weighted by Crippen LogP contribution is 2.14. The Morgan fingerprint density at radius 1 is 1.53 bits per heavy atom. The van der Waals surface area contributed by atoms with Gasteiger partial charge in [-0.25, -0.2) is 0 Å². The molecule has 4 heteroatoms.